The normalized spacial score (nSPS) is 13.1. The first-order valence-electron chi connectivity index (χ1n) is 8.50. The van der Waals surface area contributed by atoms with Gasteiger partial charge in [0.25, 0.3) is 0 Å². The minimum atomic E-state index is -0.579. The van der Waals surface area contributed by atoms with E-state index in [1.54, 1.807) is 27.9 Å². The van der Waals surface area contributed by atoms with E-state index in [1.165, 1.54) is 11.3 Å². The van der Waals surface area contributed by atoms with Crippen LogP contribution in [0.4, 0.5) is 0 Å². The number of esters is 1. The van der Waals surface area contributed by atoms with E-state index in [0.717, 1.165) is 5.01 Å². The monoisotopic (exact) mass is 383 g/mol. The van der Waals surface area contributed by atoms with Crippen molar-refractivity contribution < 1.29 is 14.3 Å². The third-order valence-electron chi connectivity index (χ3n) is 3.76. The Morgan fingerprint density at radius 1 is 1.38 bits per heavy atom. The zero-order chi connectivity index (χ0) is 19.9. The zero-order valence-corrected chi connectivity index (χ0v) is 17.3. The predicted molar refractivity (Wildman–Crippen MR) is 104 cm³/mol. The Kier molecular flexibility index (Phi) is 8.01. The molecule has 0 aliphatic rings. The maximum atomic E-state index is 11.9. The molecule has 1 heterocycles. The molecule has 0 aromatic carbocycles. The first kappa shape index (κ1) is 21.9. The second kappa shape index (κ2) is 9.51. The van der Waals surface area contributed by atoms with Crippen molar-refractivity contribution in [3.63, 3.8) is 0 Å². The number of aryl methyl sites for hydroxylation is 1. The van der Waals surface area contributed by atoms with Crippen LogP contribution in [-0.2, 0) is 9.53 Å². The molecule has 3 N–H and O–H groups in total. The lowest BCUT2D eigenvalue weighted by Crippen LogP contribution is -2.47. The van der Waals surface area contributed by atoms with Crippen molar-refractivity contribution in [1.29, 1.82) is 0 Å². The Morgan fingerprint density at radius 2 is 2.04 bits per heavy atom. The summed E-state index contributed by atoms with van der Waals surface area (Å²) in [5.41, 5.74) is 0.0746. The van der Waals surface area contributed by atoms with Gasteiger partial charge >= 0.3 is 5.97 Å². The highest BCUT2D eigenvalue weighted by Crippen LogP contribution is 2.24. The van der Waals surface area contributed by atoms with Gasteiger partial charge in [0.2, 0.25) is 5.91 Å². The molecule has 146 valence electrons. The number of amides is 1. The molecule has 0 aliphatic carbocycles. The molecule has 0 aliphatic heterocycles. The maximum absolute atomic E-state index is 11.9. The van der Waals surface area contributed by atoms with Crippen molar-refractivity contribution in [3.8, 4) is 0 Å². The van der Waals surface area contributed by atoms with E-state index in [9.17, 15) is 9.59 Å². The molecule has 1 rings (SSSR count). The van der Waals surface area contributed by atoms with E-state index >= 15 is 0 Å². The average molecular weight is 384 g/mol. The van der Waals surface area contributed by atoms with Crippen LogP contribution in [0.15, 0.2) is 4.99 Å². The molecular weight excluding hydrogens is 354 g/mol. The van der Waals surface area contributed by atoms with Gasteiger partial charge in [-0.25, -0.2) is 9.78 Å². The number of hydrogen-bond acceptors (Lipinski definition) is 6. The number of aromatic nitrogens is 1. The smallest absolute Gasteiger partial charge is 0.350 e. The standard InChI is InChI=1S/C17H29N5O3S/c1-8-25-14(23)12-10(2)21-13(26-12)11(3)22-16(19-7)20-9-17(4,5)15(24)18-6/h11H,8-9H2,1-7H3,(H,18,24)(H2,19,20,22). The Labute approximate surface area is 158 Å². The van der Waals surface area contributed by atoms with Crippen LogP contribution < -0.4 is 16.0 Å². The van der Waals surface area contributed by atoms with Gasteiger partial charge in [0, 0.05) is 20.6 Å². The molecule has 1 amide bonds. The number of guanidine groups is 1. The summed E-state index contributed by atoms with van der Waals surface area (Å²) >= 11 is 1.31. The van der Waals surface area contributed by atoms with Crippen molar-refractivity contribution in [2.75, 3.05) is 27.2 Å². The van der Waals surface area contributed by atoms with Gasteiger partial charge in [-0.2, -0.15) is 0 Å². The van der Waals surface area contributed by atoms with Gasteiger partial charge < -0.3 is 20.7 Å². The van der Waals surface area contributed by atoms with Crippen LogP contribution in [0.3, 0.4) is 0 Å². The topological polar surface area (TPSA) is 105 Å². The van der Waals surface area contributed by atoms with Gasteiger partial charge in [-0.3, -0.25) is 9.79 Å². The van der Waals surface area contributed by atoms with Crippen molar-refractivity contribution >= 4 is 29.2 Å². The predicted octanol–water partition coefficient (Wildman–Crippen LogP) is 1.63. The quantitative estimate of drug-likeness (QED) is 0.375. The molecule has 0 saturated carbocycles. The fraction of sp³-hybridized carbons (Fsp3) is 0.647. The number of aliphatic imine (C=N–C) groups is 1. The van der Waals surface area contributed by atoms with Crippen molar-refractivity contribution in [1.82, 2.24) is 20.9 Å². The van der Waals surface area contributed by atoms with Crippen LogP contribution in [0.5, 0.6) is 0 Å². The molecule has 0 bridgehead atoms. The first-order chi connectivity index (χ1) is 12.2. The Morgan fingerprint density at radius 3 is 2.58 bits per heavy atom. The summed E-state index contributed by atoms with van der Waals surface area (Å²) in [6.45, 7) is 9.95. The van der Waals surface area contributed by atoms with E-state index in [1.807, 2.05) is 20.8 Å². The number of nitrogens with one attached hydrogen (secondary N) is 3. The molecule has 9 heteroatoms. The number of nitrogens with zero attached hydrogens (tertiary/aromatic N) is 2. The van der Waals surface area contributed by atoms with Crippen LogP contribution in [0.25, 0.3) is 0 Å². The van der Waals surface area contributed by atoms with E-state index in [2.05, 4.69) is 25.9 Å². The second-order valence-electron chi connectivity index (χ2n) is 6.44. The van der Waals surface area contributed by atoms with Crippen LogP contribution in [0.1, 0.15) is 54.1 Å². The summed E-state index contributed by atoms with van der Waals surface area (Å²) < 4.78 is 5.05. The van der Waals surface area contributed by atoms with Gasteiger partial charge in [0.1, 0.15) is 9.88 Å². The first-order valence-corrected chi connectivity index (χ1v) is 9.31. The van der Waals surface area contributed by atoms with E-state index in [0.29, 0.717) is 29.7 Å². The molecule has 0 radical (unpaired) electrons. The third-order valence-corrected chi connectivity index (χ3v) is 5.08. The molecule has 0 saturated heterocycles. The summed E-state index contributed by atoms with van der Waals surface area (Å²) in [4.78, 5) is 33.0. The van der Waals surface area contributed by atoms with Crippen LogP contribution in [0.2, 0.25) is 0 Å². The summed E-state index contributed by atoms with van der Waals surface area (Å²) in [6, 6.07) is -0.156. The lowest BCUT2D eigenvalue weighted by atomic mass is 9.92. The minimum absolute atomic E-state index is 0.0527. The fourth-order valence-electron chi connectivity index (χ4n) is 2.17. The molecule has 1 atom stereocenters. The molecule has 1 aromatic rings. The number of thiazole rings is 1. The SMILES string of the molecule is CCOC(=O)c1sc(C(C)NC(=NC)NCC(C)(C)C(=O)NC)nc1C. The molecule has 26 heavy (non-hydrogen) atoms. The van der Waals surface area contributed by atoms with Gasteiger partial charge in [-0.05, 0) is 34.6 Å². The lowest BCUT2D eigenvalue weighted by molar-refractivity contribution is -0.128. The zero-order valence-electron chi connectivity index (χ0n) is 16.5. The number of carbonyl (C=O) groups is 2. The molecule has 1 unspecified atom stereocenters. The summed E-state index contributed by atoms with van der Waals surface area (Å²) in [5, 5.41) is 9.80. The van der Waals surface area contributed by atoms with Gasteiger partial charge in [-0.1, -0.05) is 0 Å². The Bertz CT molecular complexity index is 669. The van der Waals surface area contributed by atoms with Crippen LogP contribution in [0, 0.1) is 12.3 Å². The number of rotatable bonds is 7. The molecule has 0 spiro atoms. The summed E-state index contributed by atoms with van der Waals surface area (Å²) in [6.07, 6.45) is 0. The molecular formula is C17H29N5O3S. The number of carbonyl (C=O) groups excluding carboxylic acids is 2. The maximum Gasteiger partial charge on any atom is 0.350 e. The molecule has 0 fully saturated rings. The van der Waals surface area contributed by atoms with Gasteiger partial charge in [0.05, 0.1) is 23.8 Å². The van der Waals surface area contributed by atoms with E-state index in [4.69, 9.17) is 4.74 Å². The Hall–Kier alpha value is -2.16. The lowest BCUT2D eigenvalue weighted by Gasteiger charge is -2.25. The Balaban J connectivity index is 2.76. The number of hydrogen-bond donors (Lipinski definition) is 3. The third kappa shape index (κ3) is 5.69. The number of ether oxygens (including phenoxy) is 1. The largest absolute Gasteiger partial charge is 0.462 e. The highest BCUT2D eigenvalue weighted by atomic mass is 32.1. The minimum Gasteiger partial charge on any atom is -0.462 e. The van der Waals surface area contributed by atoms with Gasteiger partial charge in [0.15, 0.2) is 5.96 Å². The summed E-state index contributed by atoms with van der Waals surface area (Å²) in [5.74, 6) is 0.152. The fourth-order valence-corrected chi connectivity index (χ4v) is 3.14. The van der Waals surface area contributed by atoms with Crippen molar-refractivity contribution in [2.45, 2.75) is 40.7 Å². The summed E-state index contributed by atoms with van der Waals surface area (Å²) in [7, 11) is 3.28. The van der Waals surface area contributed by atoms with Gasteiger partial charge in [-0.15, -0.1) is 11.3 Å². The van der Waals surface area contributed by atoms with Crippen molar-refractivity contribution in [2.24, 2.45) is 10.4 Å². The van der Waals surface area contributed by atoms with Crippen LogP contribution >= 0.6 is 11.3 Å². The van der Waals surface area contributed by atoms with Crippen LogP contribution in [-0.4, -0.2) is 50.1 Å². The highest BCUT2D eigenvalue weighted by Gasteiger charge is 2.27. The average Bonchev–Trinajstić information content (AvgIpc) is 2.99. The van der Waals surface area contributed by atoms with Crippen molar-refractivity contribution in [3.05, 3.63) is 15.6 Å². The molecule has 8 nitrogen and oxygen atoms in total. The highest BCUT2D eigenvalue weighted by molar-refractivity contribution is 7.13. The second-order valence-corrected chi connectivity index (χ2v) is 7.47. The molecule has 1 aromatic heterocycles. The van der Waals surface area contributed by atoms with E-state index in [-0.39, 0.29) is 17.9 Å². The van der Waals surface area contributed by atoms with E-state index < -0.39 is 5.41 Å².